The number of carbonyl (C=O) groups excluding carboxylic acids is 2. The van der Waals surface area contributed by atoms with E-state index in [1.165, 1.54) is 6.92 Å². The molecule has 2 amide bonds. The predicted octanol–water partition coefficient (Wildman–Crippen LogP) is 0.276. The number of hydrogen-bond donors (Lipinski definition) is 2. The first kappa shape index (κ1) is 14.0. The minimum atomic E-state index is -0.118. The van der Waals surface area contributed by atoms with Crippen molar-refractivity contribution < 1.29 is 14.7 Å². The molecular formula is C12H22N2O3. The lowest BCUT2D eigenvalue weighted by atomic mass is 10.1. The Bertz CT molecular complexity index is 268. The second kappa shape index (κ2) is 7.27. The van der Waals surface area contributed by atoms with Crippen LogP contribution in [0.3, 0.4) is 0 Å². The maximum absolute atomic E-state index is 12.0. The number of aliphatic hydroxyl groups is 1. The number of rotatable bonds is 4. The maximum Gasteiger partial charge on any atom is 0.224 e. The van der Waals surface area contributed by atoms with Crippen LogP contribution < -0.4 is 5.32 Å². The van der Waals surface area contributed by atoms with Gasteiger partial charge in [0.25, 0.3) is 0 Å². The van der Waals surface area contributed by atoms with Crippen LogP contribution in [0.15, 0.2) is 0 Å². The molecule has 1 fully saturated rings. The third-order valence-corrected chi connectivity index (χ3v) is 3.12. The van der Waals surface area contributed by atoms with Gasteiger partial charge in [0.1, 0.15) is 0 Å². The highest BCUT2D eigenvalue weighted by atomic mass is 16.3. The van der Waals surface area contributed by atoms with E-state index in [0.29, 0.717) is 13.0 Å². The van der Waals surface area contributed by atoms with Gasteiger partial charge in [0.15, 0.2) is 0 Å². The summed E-state index contributed by atoms with van der Waals surface area (Å²) in [5.41, 5.74) is 0. The fourth-order valence-corrected chi connectivity index (χ4v) is 2.18. The number of likely N-dealkylation sites (tertiary alicyclic amines) is 1. The molecule has 0 aromatic carbocycles. The van der Waals surface area contributed by atoms with Gasteiger partial charge in [-0.15, -0.1) is 0 Å². The van der Waals surface area contributed by atoms with Gasteiger partial charge < -0.3 is 15.3 Å². The standard InChI is InChI=1S/C12H22N2O3/c1-10(16)13-7-6-12(17)14-8-4-2-3-5-11(14)9-15/h11,15H,2-9H2,1H3,(H,13,16). The Morgan fingerprint density at radius 1 is 1.35 bits per heavy atom. The summed E-state index contributed by atoms with van der Waals surface area (Å²) in [6, 6.07) is -0.0395. The number of aliphatic hydroxyl groups excluding tert-OH is 1. The van der Waals surface area contributed by atoms with Crippen LogP contribution in [0.5, 0.6) is 0 Å². The van der Waals surface area contributed by atoms with E-state index >= 15 is 0 Å². The third kappa shape index (κ3) is 4.73. The molecule has 0 aromatic heterocycles. The molecular weight excluding hydrogens is 220 g/mol. The Morgan fingerprint density at radius 2 is 2.12 bits per heavy atom. The van der Waals surface area contributed by atoms with Crippen LogP contribution in [0, 0.1) is 0 Å². The van der Waals surface area contributed by atoms with Crippen molar-refractivity contribution in [3.05, 3.63) is 0 Å². The molecule has 0 radical (unpaired) electrons. The van der Waals surface area contributed by atoms with E-state index in [2.05, 4.69) is 5.32 Å². The molecule has 98 valence electrons. The SMILES string of the molecule is CC(=O)NCCC(=O)N1CCCCCC1CO. The van der Waals surface area contributed by atoms with Gasteiger partial charge in [-0.2, -0.15) is 0 Å². The number of carbonyl (C=O) groups is 2. The minimum Gasteiger partial charge on any atom is -0.394 e. The van der Waals surface area contributed by atoms with Crippen molar-refractivity contribution in [2.45, 2.75) is 45.1 Å². The van der Waals surface area contributed by atoms with Gasteiger partial charge in [0, 0.05) is 26.4 Å². The number of amides is 2. The molecule has 1 rings (SSSR count). The summed E-state index contributed by atoms with van der Waals surface area (Å²) in [7, 11) is 0. The molecule has 1 atom stereocenters. The van der Waals surface area contributed by atoms with Crippen molar-refractivity contribution in [3.8, 4) is 0 Å². The lowest BCUT2D eigenvalue weighted by Crippen LogP contribution is -2.43. The highest BCUT2D eigenvalue weighted by Gasteiger charge is 2.24. The Hall–Kier alpha value is -1.10. The molecule has 0 bridgehead atoms. The molecule has 0 aliphatic carbocycles. The van der Waals surface area contributed by atoms with Crippen LogP contribution in [0.2, 0.25) is 0 Å². The highest BCUT2D eigenvalue weighted by Crippen LogP contribution is 2.17. The summed E-state index contributed by atoms with van der Waals surface area (Å²) >= 11 is 0. The Kier molecular flexibility index (Phi) is 5.97. The summed E-state index contributed by atoms with van der Waals surface area (Å²) in [5, 5.41) is 11.9. The van der Waals surface area contributed by atoms with Gasteiger partial charge in [-0.05, 0) is 12.8 Å². The number of hydrogen-bond acceptors (Lipinski definition) is 3. The lowest BCUT2D eigenvalue weighted by molar-refractivity contribution is -0.134. The number of nitrogens with zero attached hydrogens (tertiary/aromatic N) is 1. The molecule has 1 aliphatic rings. The van der Waals surface area contributed by atoms with Crippen LogP contribution in [0.25, 0.3) is 0 Å². The monoisotopic (exact) mass is 242 g/mol. The Labute approximate surface area is 102 Å². The van der Waals surface area contributed by atoms with Crippen LogP contribution in [-0.2, 0) is 9.59 Å². The Balaban J connectivity index is 2.43. The second-order valence-corrected chi connectivity index (χ2v) is 4.51. The van der Waals surface area contributed by atoms with Crippen LogP contribution in [0.4, 0.5) is 0 Å². The summed E-state index contributed by atoms with van der Waals surface area (Å²) < 4.78 is 0. The average Bonchev–Trinajstić information content (AvgIpc) is 2.52. The van der Waals surface area contributed by atoms with Crippen molar-refractivity contribution in [2.24, 2.45) is 0 Å². The molecule has 0 spiro atoms. The molecule has 2 N–H and O–H groups in total. The zero-order chi connectivity index (χ0) is 12.7. The molecule has 17 heavy (non-hydrogen) atoms. The van der Waals surface area contributed by atoms with Gasteiger partial charge >= 0.3 is 0 Å². The van der Waals surface area contributed by atoms with E-state index in [4.69, 9.17) is 0 Å². The quantitative estimate of drug-likeness (QED) is 0.743. The van der Waals surface area contributed by atoms with Crippen molar-refractivity contribution in [1.82, 2.24) is 10.2 Å². The van der Waals surface area contributed by atoms with Crippen LogP contribution in [-0.4, -0.2) is 47.6 Å². The van der Waals surface area contributed by atoms with Crippen molar-refractivity contribution >= 4 is 11.8 Å². The molecule has 5 nitrogen and oxygen atoms in total. The van der Waals surface area contributed by atoms with E-state index in [0.717, 1.165) is 32.2 Å². The van der Waals surface area contributed by atoms with Crippen molar-refractivity contribution in [1.29, 1.82) is 0 Å². The zero-order valence-electron chi connectivity index (χ0n) is 10.4. The van der Waals surface area contributed by atoms with Gasteiger partial charge in [-0.3, -0.25) is 9.59 Å². The largest absolute Gasteiger partial charge is 0.394 e. The topological polar surface area (TPSA) is 69.6 Å². The van der Waals surface area contributed by atoms with Crippen LogP contribution in [0.1, 0.15) is 39.0 Å². The molecule has 1 unspecified atom stereocenters. The normalized spacial score (nSPS) is 20.8. The summed E-state index contributed by atoms with van der Waals surface area (Å²) in [6.45, 7) is 2.58. The van der Waals surface area contributed by atoms with Gasteiger partial charge in [0.2, 0.25) is 11.8 Å². The molecule has 5 heteroatoms. The molecule has 1 saturated heterocycles. The van der Waals surface area contributed by atoms with Gasteiger partial charge in [-0.25, -0.2) is 0 Å². The first-order valence-electron chi connectivity index (χ1n) is 6.30. The fourth-order valence-electron chi connectivity index (χ4n) is 2.18. The highest BCUT2D eigenvalue weighted by molar-refractivity contribution is 5.78. The van der Waals surface area contributed by atoms with Gasteiger partial charge in [-0.1, -0.05) is 12.8 Å². The molecule has 0 saturated carbocycles. The average molecular weight is 242 g/mol. The van der Waals surface area contributed by atoms with Crippen molar-refractivity contribution in [3.63, 3.8) is 0 Å². The van der Waals surface area contributed by atoms with E-state index in [1.54, 1.807) is 4.90 Å². The summed E-state index contributed by atoms with van der Waals surface area (Å²) in [6.07, 6.45) is 4.38. The predicted molar refractivity (Wildman–Crippen MR) is 64.4 cm³/mol. The minimum absolute atomic E-state index is 0.0275. The molecule has 0 aromatic rings. The second-order valence-electron chi connectivity index (χ2n) is 4.51. The maximum atomic E-state index is 12.0. The van der Waals surface area contributed by atoms with E-state index < -0.39 is 0 Å². The lowest BCUT2D eigenvalue weighted by Gasteiger charge is -2.28. The molecule has 1 heterocycles. The third-order valence-electron chi connectivity index (χ3n) is 3.12. The van der Waals surface area contributed by atoms with E-state index in [1.807, 2.05) is 0 Å². The van der Waals surface area contributed by atoms with Crippen LogP contribution >= 0.6 is 0 Å². The van der Waals surface area contributed by atoms with Gasteiger partial charge in [0.05, 0.1) is 12.6 Å². The van der Waals surface area contributed by atoms with Crippen molar-refractivity contribution in [2.75, 3.05) is 19.7 Å². The van der Waals surface area contributed by atoms with E-state index in [-0.39, 0.29) is 24.5 Å². The van der Waals surface area contributed by atoms with E-state index in [9.17, 15) is 14.7 Å². The first-order chi connectivity index (χ1) is 8.15. The fraction of sp³-hybridized carbons (Fsp3) is 0.833. The Morgan fingerprint density at radius 3 is 2.76 bits per heavy atom. The smallest absolute Gasteiger partial charge is 0.224 e. The number of nitrogens with one attached hydrogen (secondary N) is 1. The molecule has 1 aliphatic heterocycles. The first-order valence-corrected chi connectivity index (χ1v) is 6.30. The summed E-state index contributed by atoms with van der Waals surface area (Å²) in [5.74, 6) is -0.0907. The summed E-state index contributed by atoms with van der Waals surface area (Å²) in [4.78, 5) is 24.4. The zero-order valence-corrected chi connectivity index (χ0v) is 10.4.